The van der Waals surface area contributed by atoms with Crippen LogP contribution < -0.4 is 4.90 Å². The molecule has 69 heavy (non-hydrogen) atoms. The SMILES string of the molecule is c1ccc(-c2ccc(N(c3ccccc3)c3cccc(-c4cccc(-c5ccc6c(c5)c5ccccc5n6-c5ccc6c(c5)C(c5ccccc5)(c5ccccc5)c5ccccc5-6)c4)c3)cc2)cc1. The Kier molecular flexibility index (Phi) is 9.77. The third-order valence-electron chi connectivity index (χ3n) is 14.3. The summed E-state index contributed by atoms with van der Waals surface area (Å²) in [5.74, 6) is 0. The maximum absolute atomic E-state index is 2.47. The molecule has 1 heterocycles. The first-order valence-corrected chi connectivity index (χ1v) is 23.8. The molecule has 0 spiro atoms. The molecule has 1 aliphatic carbocycles. The van der Waals surface area contributed by atoms with Gasteiger partial charge in [-0.05, 0) is 140 Å². The number of para-hydroxylation sites is 2. The number of aromatic nitrogens is 1. The van der Waals surface area contributed by atoms with Crippen LogP contribution in [-0.2, 0) is 5.41 Å². The largest absolute Gasteiger partial charge is 0.310 e. The van der Waals surface area contributed by atoms with E-state index in [1.165, 1.54) is 83.0 Å². The Balaban J connectivity index is 0.899. The van der Waals surface area contributed by atoms with Gasteiger partial charge in [-0.1, -0.05) is 206 Å². The Morgan fingerprint density at radius 2 is 0.768 bits per heavy atom. The summed E-state index contributed by atoms with van der Waals surface area (Å²) in [6.45, 7) is 0. The zero-order valence-corrected chi connectivity index (χ0v) is 38.0. The van der Waals surface area contributed by atoms with Gasteiger partial charge in [-0.25, -0.2) is 0 Å². The Labute approximate surface area is 403 Å². The first-order valence-electron chi connectivity index (χ1n) is 23.8. The molecule has 0 bridgehead atoms. The van der Waals surface area contributed by atoms with Gasteiger partial charge in [0.25, 0.3) is 0 Å². The van der Waals surface area contributed by atoms with E-state index in [9.17, 15) is 0 Å². The summed E-state index contributed by atoms with van der Waals surface area (Å²) in [6, 6.07) is 102. The van der Waals surface area contributed by atoms with Crippen molar-refractivity contribution in [3.8, 4) is 50.2 Å². The van der Waals surface area contributed by atoms with Gasteiger partial charge in [0.1, 0.15) is 0 Å². The molecular formula is C67H46N2. The van der Waals surface area contributed by atoms with Crippen LogP contribution in [0.1, 0.15) is 22.3 Å². The number of benzene rings is 11. The van der Waals surface area contributed by atoms with Gasteiger partial charge >= 0.3 is 0 Å². The molecule has 11 aromatic carbocycles. The van der Waals surface area contributed by atoms with E-state index in [0.717, 1.165) is 28.3 Å². The van der Waals surface area contributed by atoms with Gasteiger partial charge in [0.15, 0.2) is 0 Å². The van der Waals surface area contributed by atoms with E-state index in [-0.39, 0.29) is 0 Å². The second kappa shape index (κ2) is 16.7. The molecule has 2 nitrogen and oxygen atoms in total. The van der Waals surface area contributed by atoms with E-state index >= 15 is 0 Å². The molecule has 2 heteroatoms. The number of rotatable bonds is 9. The lowest BCUT2D eigenvalue weighted by atomic mass is 9.67. The summed E-state index contributed by atoms with van der Waals surface area (Å²) < 4.78 is 2.47. The van der Waals surface area contributed by atoms with Crippen molar-refractivity contribution in [3.05, 3.63) is 301 Å². The standard InChI is InChI=1S/C67H46N2/c1-5-19-47(20-6-1)48-35-38-56(39-36-48)68(55-28-11-4-12-29-55)57-30-18-23-51(44-57)49-21-17-22-50(43-49)52-37-42-66-62(45-52)61-32-14-16-34-65(61)69(66)58-40-41-60-59-31-13-15-33-63(59)67(64(60)46-58,53-24-7-2-8-25-53)54-26-9-3-10-27-54/h1-46H. The third-order valence-corrected chi connectivity index (χ3v) is 14.3. The summed E-state index contributed by atoms with van der Waals surface area (Å²) in [4.78, 5) is 2.34. The maximum atomic E-state index is 2.47. The van der Waals surface area contributed by atoms with Gasteiger partial charge in [0.2, 0.25) is 0 Å². The van der Waals surface area contributed by atoms with Crippen molar-refractivity contribution < 1.29 is 0 Å². The van der Waals surface area contributed by atoms with Crippen molar-refractivity contribution in [1.29, 1.82) is 0 Å². The highest BCUT2D eigenvalue weighted by Gasteiger charge is 2.46. The van der Waals surface area contributed by atoms with E-state index in [1.807, 2.05) is 0 Å². The van der Waals surface area contributed by atoms with Crippen molar-refractivity contribution in [2.24, 2.45) is 0 Å². The molecule has 0 atom stereocenters. The van der Waals surface area contributed by atoms with E-state index in [0.29, 0.717) is 0 Å². The summed E-state index contributed by atoms with van der Waals surface area (Å²) in [5.41, 5.74) is 21.2. The molecular weight excluding hydrogens is 833 g/mol. The normalized spacial score (nSPS) is 12.5. The quantitative estimate of drug-likeness (QED) is 0.140. The van der Waals surface area contributed by atoms with Gasteiger partial charge in [0.05, 0.1) is 16.4 Å². The molecule has 0 amide bonds. The Hall–Kier alpha value is -8.98. The van der Waals surface area contributed by atoms with Crippen LogP contribution >= 0.6 is 0 Å². The van der Waals surface area contributed by atoms with Crippen molar-refractivity contribution >= 4 is 38.9 Å². The molecule has 0 saturated carbocycles. The topological polar surface area (TPSA) is 8.17 Å². The predicted octanol–water partition coefficient (Wildman–Crippen LogP) is 17.6. The molecule has 0 unspecified atom stereocenters. The Bertz CT molecular complexity index is 3780. The fraction of sp³-hybridized carbons (Fsp3) is 0.0149. The average Bonchev–Trinajstić information content (AvgIpc) is 3.92. The van der Waals surface area contributed by atoms with Crippen molar-refractivity contribution in [2.45, 2.75) is 5.41 Å². The third kappa shape index (κ3) is 6.72. The smallest absolute Gasteiger partial charge is 0.0714 e. The lowest BCUT2D eigenvalue weighted by Gasteiger charge is -2.34. The molecule has 0 aliphatic heterocycles. The molecule has 0 N–H and O–H groups in total. The molecule has 12 aromatic rings. The van der Waals surface area contributed by atoms with Crippen LogP contribution in [0.25, 0.3) is 72.0 Å². The van der Waals surface area contributed by atoms with Crippen LogP contribution in [0.2, 0.25) is 0 Å². The van der Waals surface area contributed by atoms with Crippen LogP contribution in [0.5, 0.6) is 0 Å². The number of fused-ring (bicyclic) bond motifs is 6. The number of hydrogen-bond acceptors (Lipinski definition) is 1. The molecule has 1 aliphatic rings. The lowest BCUT2D eigenvalue weighted by Crippen LogP contribution is -2.28. The minimum atomic E-state index is -0.477. The highest BCUT2D eigenvalue weighted by atomic mass is 15.1. The first-order chi connectivity index (χ1) is 34.2. The van der Waals surface area contributed by atoms with Crippen LogP contribution in [0.15, 0.2) is 279 Å². The maximum Gasteiger partial charge on any atom is 0.0714 e. The van der Waals surface area contributed by atoms with Crippen LogP contribution in [0.3, 0.4) is 0 Å². The van der Waals surface area contributed by atoms with Crippen LogP contribution in [-0.4, -0.2) is 4.57 Å². The monoisotopic (exact) mass is 878 g/mol. The van der Waals surface area contributed by atoms with Crippen LogP contribution in [0.4, 0.5) is 17.1 Å². The Morgan fingerprint density at radius 3 is 1.49 bits per heavy atom. The fourth-order valence-corrected chi connectivity index (χ4v) is 11.2. The van der Waals surface area contributed by atoms with Crippen LogP contribution in [0, 0.1) is 0 Å². The van der Waals surface area contributed by atoms with E-state index in [4.69, 9.17) is 0 Å². The Morgan fingerprint density at radius 1 is 0.275 bits per heavy atom. The van der Waals surface area contributed by atoms with E-state index in [2.05, 4.69) is 289 Å². The molecule has 13 rings (SSSR count). The van der Waals surface area contributed by atoms with Gasteiger partial charge in [0, 0.05) is 33.5 Å². The fourth-order valence-electron chi connectivity index (χ4n) is 11.2. The molecule has 0 radical (unpaired) electrons. The molecule has 1 aromatic heterocycles. The summed E-state index contributed by atoms with van der Waals surface area (Å²) in [6.07, 6.45) is 0. The first kappa shape index (κ1) is 40.3. The van der Waals surface area contributed by atoms with Gasteiger partial charge in [-0.2, -0.15) is 0 Å². The van der Waals surface area contributed by atoms with Gasteiger partial charge in [-0.15, -0.1) is 0 Å². The number of hydrogen-bond donors (Lipinski definition) is 0. The van der Waals surface area contributed by atoms with Crippen molar-refractivity contribution in [2.75, 3.05) is 4.90 Å². The van der Waals surface area contributed by atoms with Crippen molar-refractivity contribution in [1.82, 2.24) is 4.57 Å². The highest BCUT2D eigenvalue weighted by Crippen LogP contribution is 2.56. The molecule has 0 fully saturated rings. The number of anilines is 3. The number of nitrogens with zero attached hydrogens (tertiary/aromatic N) is 2. The molecule has 324 valence electrons. The van der Waals surface area contributed by atoms with E-state index < -0.39 is 5.41 Å². The lowest BCUT2D eigenvalue weighted by molar-refractivity contribution is 0.767. The summed E-state index contributed by atoms with van der Waals surface area (Å²) >= 11 is 0. The van der Waals surface area contributed by atoms with Crippen molar-refractivity contribution in [3.63, 3.8) is 0 Å². The zero-order valence-electron chi connectivity index (χ0n) is 38.0. The van der Waals surface area contributed by atoms with Gasteiger partial charge in [-0.3, -0.25) is 0 Å². The highest BCUT2D eigenvalue weighted by molar-refractivity contribution is 6.10. The van der Waals surface area contributed by atoms with Gasteiger partial charge < -0.3 is 9.47 Å². The van der Waals surface area contributed by atoms with E-state index in [1.54, 1.807) is 0 Å². The minimum Gasteiger partial charge on any atom is -0.310 e. The summed E-state index contributed by atoms with van der Waals surface area (Å²) in [5, 5.41) is 2.46. The second-order valence-electron chi connectivity index (χ2n) is 18.1. The minimum absolute atomic E-state index is 0.477. The second-order valence-corrected chi connectivity index (χ2v) is 18.1. The molecule has 0 saturated heterocycles. The predicted molar refractivity (Wildman–Crippen MR) is 289 cm³/mol. The summed E-state index contributed by atoms with van der Waals surface area (Å²) in [7, 11) is 0. The average molecular weight is 879 g/mol. The zero-order chi connectivity index (χ0) is 45.7.